The van der Waals surface area contributed by atoms with Crippen molar-refractivity contribution in [3.63, 3.8) is 0 Å². The minimum absolute atomic E-state index is 0.0398. The van der Waals surface area contributed by atoms with Crippen molar-refractivity contribution in [1.82, 2.24) is 0 Å². The number of aromatic carboxylic acids is 1. The lowest BCUT2D eigenvalue weighted by molar-refractivity contribution is 0.0697. The van der Waals surface area contributed by atoms with Crippen LogP contribution in [-0.4, -0.2) is 16.2 Å². The second-order valence-corrected chi connectivity index (χ2v) is 4.43. The number of nitrogens with one attached hydrogen (secondary N) is 1. The zero-order valence-corrected chi connectivity index (χ0v) is 10.7. The molecule has 0 radical (unpaired) electrons. The summed E-state index contributed by atoms with van der Waals surface area (Å²) in [7, 11) is 0. The molecule has 0 heterocycles. The number of carboxylic acid groups (broad SMARTS) is 1. The summed E-state index contributed by atoms with van der Waals surface area (Å²) in [6, 6.07) is 11.5. The molecular weight excluding hydrogens is 266 g/mol. The molecule has 0 aliphatic rings. The van der Waals surface area contributed by atoms with E-state index in [1.165, 1.54) is 6.07 Å². The normalized spacial score (nSPS) is 10.2. The number of aromatic hydroxyl groups is 1. The van der Waals surface area contributed by atoms with Gasteiger partial charge in [0, 0.05) is 12.2 Å². The highest BCUT2D eigenvalue weighted by Gasteiger charge is 2.02. The summed E-state index contributed by atoms with van der Waals surface area (Å²) in [4.78, 5) is 10.7. The molecule has 0 aliphatic heterocycles. The van der Waals surface area contributed by atoms with Crippen LogP contribution in [-0.2, 0) is 6.54 Å². The van der Waals surface area contributed by atoms with E-state index in [0.717, 1.165) is 11.3 Å². The fourth-order valence-electron chi connectivity index (χ4n) is 1.59. The highest BCUT2D eigenvalue weighted by Crippen LogP contribution is 2.26. The smallest absolute Gasteiger partial charge is 0.335 e. The summed E-state index contributed by atoms with van der Waals surface area (Å²) >= 11 is 5.80. The van der Waals surface area contributed by atoms with Crippen molar-refractivity contribution in [2.45, 2.75) is 6.54 Å². The zero-order chi connectivity index (χ0) is 13.8. The third-order valence-corrected chi connectivity index (χ3v) is 2.95. The van der Waals surface area contributed by atoms with E-state index in [2.05, 4.69) is 5.32 Å². The van der Waals surface area contributed by atoms with Gasteiger partial charge in [0.2, 0.25) is 0 Å². The maximum atomic E-state index is 10.7. The number of rotatable bonds is 4. The fourth-order valence-corrected chi connectivity index (χ4v) is 1.77. The van der Waals surface area contributed by atoms with Crippen LogP contribution >= 0.6 is 11.6 Å². The number of carboxylic acids is 1. The Labute approximate surface area is 115 Å². The van der Waals surface area contributed by atoms with Crippen molar-refractivity contribution < 1.29 is 15.0 Å². The Morgan fingerprint density at radius 1 is 1.16 bits per heavy atom. The van der Waals surface area contributed by atoms with Crippen LogP contribution in [0.3, 0.4) is 0 Å². The lowest BCUT2D eigenvalue weighted by Crippen LogP contribution is -2.01. The van der Waals surface area contributed by atoms with Gasteiger partial charge in [0.05, 0.1) is 10.6 Å². The molecule has 4 nitrogen and oxygen atoms in total. The molecule has 0 saturated carbocycles. The van der Waals surface area contributed by atoms with Gasteiger partial charge in [-0.3, -0.25) is 0 Å². The van der Waals surface area contributed by atoms with Crippen LogP contribution in [0, 0.1) is 0 Å². The first-order valence-electron chi connectivity index (χ1n) is 5.61. The molecular formula is C14H12ClNO3. The summed E-state index contributed by atoms with van der Waals surface area (Å²) in [5.74, 6) is -0.900. The molecule has 0 fully saturated rings. The minimum Gasteiger partial charge on any atom is -0.506 e. The van der Waals surface area contributed by atoms with Gasteiger partial charge in [0.1, 0.15) is 5.75 Å². The van der Waals surface area contributed by atoms with Crippen molar-refractivity contribution in [3.05, 3.63) is 58.6 Å². The Kier molecular flexibility index (Phi) is 3.92. The average Bonchev–Trinajstić information content (AvgIpc) is 2.40. The Morgan fingerprint density at radius 2 is 1.84 bits per heavy atom. The maximum absolute atomic E-state index is 10.7. The van der Waals surface area contributed by atoms with E-state index in [0.29, 0.717) is 6.54 Å². The van der Waals surface area contributed by atoms with Crippen molar-refractivity contribution >= 4 is 23.3 Å². The number of phenols is 1. The average molecular weight is 278 g/mol. The van der Waals surface area contributed by atoms with E-state index in [-0.39, 0.29) is 16.3 Å². The molecule has 0 saturated heterocycles. The molecule has 2 aromatic carbocycles. The first kappa shape index (κ1) is 13.2. The summed E-state index contributed by atoms with van der Waals surface area (Å²) < 4.78 is 0. The number of hydrogen-bond acceptors (Lipinski definition) is 3. The van der Waals surface area contributed by atoms with E-state index in [4.69, 9.17) is 16.7 Å². The third kappa shape index (κ3) is 3.39. The molecule has 0 aliphatic carbocycles. The summed E-state index contributed by atoms with van der Waals surface area (Å²) in [6.45, 7) is 0.543. The van der Waals surface area contributed by atoms with Crippen LogP contribution < -0.4 is 5.32 Å². The predicted octanol–water partition coefficient (Wildman–Crippen LogP) is 3.36. The van der Waals surface area contributed by atoms with Gasteiger partial charge in [-0.1, -0.05) is 23.7 Å². The first-order valence-corrected chi connectivity index (χ1v) is 5.98. The van der Waals surface area contributed by atoms with Crippen molar-refractivity contribution in [2.24, 2.45) is 0 Å². The van der Waals surface area contributed by atoms with Crippen LogP contribution in [0.4, 0.5) is 5.69 Å². The molecule has 3 N–H and O–H groups in total. The minimum atomic E-state index is -0.940. The highest BCUT2D eigenvalue weighted by atomic mass is 35.5. The van der Waals surface area contributed by atoms with Gasteiger partial charge >= 0.3 is 5.97 Å². The molecule has 98 valence electrons. The Hall–Kier alpha value is -2.20. The summed E-state index contributed by atoms with van der Waals surface area (Å²) in [5.41, 5.74) is 2.00. The molecule has 19 heavy (non-hydrogen) atoms. The number of benzene rings is 2. The molecule has 0 amide bonds. The van der Waals surface area contributed by atoms with Gasteiger partial charge in [0.25, 0.3) is 0 Å². The van der Waals surface area contributed by atoms with E-state index < -0.39 is 5.97 Å². The predicted molar refractivity (Wildman–Crippen MR) is 73.8 cm³/mol. The van der Waals surface area contributed by atoms with Crippen LogP contribution in [0.25, 0.3) is 0 Å². The number of carbonyl (C=O) groups is 1. The quantitative estimate of drug-likeness (QED) is 0.750. The SMILES string of the molecule is O=C(O)c1ccc(CNc2ccc(O)c(Cl)c2)cc1. The van der Waals surface area contributed by atoms with Gasteiger partial charge in [-0.25, -0.2) is 4.79 Å². The highest BCUT2D eigenvalue weighted by molar-refractivity contribution is 6.32. The second-order valence-electron chi connectivity index (χ2n) is 4.02. The molecule has 0 bridgehead atoms. The molecule has 0 unspecified atom stereocenters. The standard InChI is InChI=1S/C14H12ClNO3/c15-12-7-11(5-6-13(12)17)16-8-9-1-3-10(4-2-9)14(18)19/h1-7,16-17H,8H2,(H,18,19). The molecule has 0 atom stereocenters. The Balaban J connectivity index is 2.01. The van der Waals surface area contributed by atoms with Gasteiger partial charge in [0.15, 0.2) is 0 Å². The zero-order valence-electron chi connectivity index (χ0n) is 9.93. The molecule has 0 aromatic heterocycles. The van der Waals surface area contributed by atoms with E-state index in [1.807, 2.05) is 0 Å². The summed E-state index contributed by atoms with van der Waals surface area (Å²) in [6.07, 6.45) is 0. The van der Waals surface area contributed by atoms with E-state index in [1.54, 1.807) is 36.4 Å². The lowest BCUT2D eigenvalue weighted by atomic mass is 10.1. The topological polar surface area (TPSA) is 69.6 Å². The van der Waals surface area contributed by atoms with Crippen molar-refractivity contribution in [2.75, 3.05) is 5.32 Å². The number of halogens is 1. The van der Waals surface area contributed by atoms with Gasteiger partial charge in [-0.05, 0) is 35.9 Å². The van der Waals surface area contributed by atoms with Crippen molar-refractivity contribution in [1.29, 1.82) is 0 Å². The van der Waals surface area contributed by atoms with Crippen LogP contribution in [0.2, 0.25) is 5.02 Å². The van der Waals surface area contributed by atoms with Crippen LogP contribution in [0.1, 0.15) is 15.9 Å². The molecule has 2 rings (SSSR count). The first-order chi connectivity index (χ1) is 9.06. The van der Waals surface area contributed by atoms with Gasteiger partial charge in [-0.15, -0.1) is 0 Å². The van der Waals surface area contributed by atoms with E-state index in [9.17, 15) is 9.90 Å². The Morgan fingerprint density at radius 3 is 2.42 bits per heavy atom. The number of hydrogen-bond donors (Lipinski definition) is 3. The molecule has 5 heteroatoms. The number of anilines is 1. The summed E-state index contributed by atoms with van der Waals surface area (Å²) in [5, 5.41) is 21.5. The molecule has 0 spiro atoms. The Bertz CT molecular complexity index is 596. The monoisotopic (exact) mass is 277 g/mol. The third-order valence-electron chi connectivity index (χ3n) is 2.65. The van der Waals surface area contributed by atoms with Crippen molar-refractivity contribution in [3.8, 4) is 5.75 Å². The number of phenolic OH excluding ortho intramolecular Hbond substituents is 1. The largest absolute Gasteiger partial charge is 0.506 e. The maximum Gasteiger partial charge on any atom is 0.335 e. The van der Waals surface area contributed by atoms with Gasteiger partial charge < -0.3 is 15.5 Å². The van der Waals surface area contributed by atoms with Crippen LogP contribution in [0.5, 0.6) is 5.75 Å². The molecule has 2 aromatic rings. The second kappa shape index (κ2) is 5.63. The van der Waals surface area contributed by atoms with Crippen LogP contribution in [0.15, 0.2) is 42.5 Å². The fraction of sp³-hybridized carbons (Fsp3) is 0.0714. The van der Waals surface area contributed by atoms with E-state index >= 15 is 0 Å². The van der Waals surface area contributed by atoms with Gasteiger partial charge in [-0.2, -0.15) is 0 Å². The lowest BCUT2D eigenvalue weighted by Gasteiger charge is -2.08.